The number of carbonyl (C=O) groups excluding carboxylic acids is 9. The fraction of sp³-hybridized carbons (Fsp3) is 0.416. The molecule has 111 heavy (non-hydrogen) atoms. The number of aliphatic hydroxyl groups excluding tert-OH is 5. The largest absolute Gasteiger partial charge is 0.508 e. The first-order valence-electron chi connectivity index (χ1n) is 36.4. The third kappa shape index (κ3) is 16.8. The molecule has 0 unspecified atom stereocenters. The summed E-state index contributed by atoms with van der Waals surface area (Å²) in [6.07, 6.45) is -10.1. The molecule has 1 saturated heterocycles. The lowest BCUT2D eigenvalue weighted by Crippen LogP contribution is -2.60. The van der Waals surface area contributed by atoms with E-state index in [1.807, 2.05) is 13.8 Å². The Bertz CT molecular complexity index is 4610. The Balaban J connectivity index is 0.997. The smallest absolute Gasteiger partial charge is 0.321 e. The zero-order valence-electron chi connectivity index (χ0n) is 60.0. The third-order valence-corrected chi connectivity index (χ3v) is 22.1. The number of rotatable bonds is 14. The fourth-order valence-electron chi connectivity index (χ4n) is 16.2. The zero-order chi connectivity index (χ0) is 79.1. The molecule has 20 N–H and O–H groups in total. The molecule has 6 heterocycles. The number of nitrogens with two attached hydrogens (primary N) is 1. The number of amides is 10. The maximum absolute atomic E-state index is 16.3. The van der Waals surface area contributed by atoms with Gasteiger partial charge in [0, 0.05) is 36.3 Å². The van der Waals surface area contributed by atoms with Crippen molar-refractivity contribution in [1.82, 2.24) is 53.2 Å². The number of imide groups is 1. The summed E-state index contributed by atoms with van der Waals surface area (Å²) in [5.74, 6) is -13.2. The Hall–Kier alpha value is -10.4. The number of fused-ring (bicyclic) bond motifs is 15. The number of hydrogen-bond donors (Lipinski definition) is 19. The van der Waals surface area contributed by atoms with Crippen molar-refractivity contribution >= 4 is 76.5 Å². The zero-order valence-corrected chi connectivity index (χ0v) is 61.5. The number of halogens is 2. The Morgan fingerprint density at radius 1 is 0.622 bits per heavy atom. The number of aliphatic hydroxyl groups is 5. The van der Waals surface area contributed by atoms with E-state index in [4.69, 9.17) is 47.9 Å². The Kier molecular flexibility index (Phi) is 23.3. The minimum atomic E-state index is -2.36. The molecule has 15 bridgehead atoms. The van der Waals surface area contributed by atoms with Crippen LogP contribution in [0.1, 0.15) is 123 Å². The maximum atomic E-state index is 16.3. The second kappa shape index (κ2) is 32.9. The highest BCUT2D eigenvalue weighted by Gasteiger charge is 2.51. The number of nitrogens with one attached hydrogen (secondary N) is 10. The first-order chi connectivity index (χ1) is 53.0. The van der Waals surface area contributed by atoms with Gasteiger partial charge < -0.3 is 113 Å². The average molecular weight is 1570 g/mol. The van der Waals surface area contributed by atoms with Crippen molar-refractivity contribution in [3.8, 4) is 57.1 Å². The highest BCUT2D eigenvalue weighted by Crippen LogP contribution is 2.55. The van der Waals surface area contributed by atoms with Crippen LogP contribution in [0.2, 0.25) is 10.0 Å². The molecule has 4 saturated carbocycles. The molecule has 0 radical (unpaired) electrons. The van der Waals surface area contributed by atoms with Crippen molar-refractivity contribution in [1.29, 1.82) is 0 Å². The Labute approximate surface area is 644 Å². The summed E-state index contributed by atoms with van der Waals surface area (Å²) in [4.78, 5) is 136. The summed E-state index contributed by atoms with van der Waals surface area (Å²) in [5.41, 5.74) is 4.49. The lowest BCUT2D eigenvalue weighted by molar-refractivity contribution is -0.270. The molecule has 16 rings (SSSR count). The molecule has 0 aromatic heterocycles. The number of urea groups is 1. The normalized spacial score (nSPS) is 28.5. The van der Waals surface area contributed by atoms with Crippen LogP contribution in [0.5, 0.6) is 46.0 Å². The summed E-state index contributed by atoms with van der Waals surface area (Å²) in [6.45, 7) is 3.09. The number of carbonyl (C=O) groups is 9. The van der Waals surface area contributed by atoms with Gasteiger partial charge in [0.05, 0.1) is 22.5 Å². The van der Waals surface area contributed by atoms with Crippen molar-refractivity contribution < 1.29 is 103 Å². The van der Waals surface area contributed by atoms with Crippen LogP contribution in [0.3, 0.4) is 0 Å². The van der Waals surface area contributed by atoms with Crippen LogP contribution in [0.25, 0.3) is 11.1 Å². The van der Waals surface area contributed by atoms with Gasteiger partial charge in [0.1, 0.15) is 102 Å². The summed E-state index contributed by atoms with van der Waals surface area (Å²) >= 11 is 14.2. The molecule has 6 aromatic carbocycles. The van der Waals surface area contributed by atoms with Crippen molar-refractivity contribution in [3.63, 3.8) is 0 Å². The third-order valence-electron chi connectivity index (χ3n) is 21.5. The first-order valence-corrected chi connectivity index (χ1v) is 37.1. The average Bonchev–Trinajstić information content (AvgIpc) is 0.759. The first kappa shape index (κ1) is 78.7. The van der Waals surface area contributed by atoms with Crippen LogP contribution < -0.4 is 73.1 Å². The van der Waals surface area contributed by atoms with E-state index in [-0.39, 0.29) is 91.7 Å². The van der Waals surface area contributed by atoms with E-state index < -0.39 is 192 Å². The van der Waals surface area contributed by atoms with E-state index in [0.29, 0.717) is 17.4 Å². The molecule has 34 heteroatoms. The highest BCUT2D eigenvalue weighted by atomic mass is 35.5. The van der Waals surface area contributed by atoms with Crippen LogP contribution in [0.15, 0.2) is 109 Å². The second-order valence-corrected chi connectivity index (χ2v) is 30.4. The number of likely N-dealkylation sites (N-methyl/N-ethyl adjacent to an activating group) is 1. The van der Waals surface area contributed by atoms with Gasteiger partial charge in [0.15, 0.2) is 11.5 Å². The molecular weight excluding hydrogens is 1490 g/mol. The van der Waals surface area contributed by atoms with Crippen LogP contribution in [-0.2, 0) is 49.6 Å². The van der Waals surface area contributed by atoms with Gasteiger partial charge in [-0.15, -0.1) is 0 Å². The van der Waals surface area contributed by atoms with Gasteiger partial charge in [0.2, 0.25) is 59.3 Å². The lowest BCUT2D eigenvalue weighted by Gasteiger charge is -2.54. The topological polar surface area (TPSA) is 499 Å². The minimum Gasteiger partial charge on any atom is -0.508 e. The van der Waals surface area contributed by atoms with Crippen LogP contribution >= 0.6 is 23.2 Å². The van der Waals surface area contributed by atoms with E-state index in [2.05, 4.69) is 53.2 Å². The van der Waals surface area contributed by atoms with E-state index in [0.717, 1.165) is 86.7 Å². The molecule has 10 amide bonds. The van der Waals surface area contributed by atoms with Gasteiger partial charge >= 0.3 is 6.03 Å². The van der Waals surface area contributed by atoms with Gasteiger partial charge in [-0.3, -0.25) is 43.7 Å². The lowest BCUT2D eigenvalue weighted by atomic mass is 9.54. The molecule has 4 aliphatic carbocycles. The Morgan fingerprint density at radius 2 is 1.23 bits per heavy atom. The second-order valence-electron chi connectivity index (χ2n) is 29.6. The van der Waals surface area contributed by atoms with Crippen molar-refractivity contribution in [2.75, 3.05) is 13.6 Å². The van der Waals surface area contributed by atoms with E-state index in [1.165, 1.54) is 31.3 Å². The SMILES string of the molecule is CN[C@H](CC(C)C)C(=O)N[C@H]1C(=O)N[C@@H](CC(=O)NC(=O)NCc2ccccc2)C(=O)N[C@H]2C(=O)N[C@H]3C(=O)N[C@H](C(=O)N[C@H](C(=O)NC4C5CC6CC(C5)CC4C6)c4cc(O)cc(O)c4-c4cc3ccc4O)[C@H](O)c3ccc(c(Cl)c3)Oc3cc2cc(c3O[C@@H]2O[C@H](CN)[C@@H](O)[C@H](O)[C@H]2O)Oc2ccc(cc2Cl)[C@H]1O. The molecule has 32 nitrogen and oxygen atoms in total. The summed E-state index contributed by atoms with van der Waals surface area (Å²) < 4.78 is 25.6. The molecule has 14 atom stereocenters. The number of aromatic hydroxyl groups is 3. The van der Waals surface area contributed by atoms with Gasteiger partial charge in [-0.1, -0.05) is 85.6 Å². The molecule has 6 aromatic rings. The number of ether oxygens (including phenoxy) is 4. The van der Waals surface area contributed by atoms with Crippen LogP contribution in [0.4, 0.5) is 4.79 Å². The van der Waals surface area contributed by atoms with E-state index in [9.17, 15) is 55.2 Å². The van der Waals surface area contributed by atoms with Gasteiger partial charge in [-0.25, -0.2) is 4.79 Å². The standard InChI is InChI=1S/C77H85Cl2N11O21/c1-31(2)15-46(81-3)69(100)89-61-63(95)36-10-13-50(44(78)22-36)108-52-24-40-25-53(68(52)111-76-67(99)66(98)65(97)54(29-80)110-76)109-51-14-11-37(23-45(51)79)64(96)62-75(106)88-60(73(104)85-57-38-17-33-16-34(19-38)20-39(57)18-33)43-26-41(91)27-49(93)56(43)42-21-35(9-12-48(42)92)58(71(102)90-62)87-72(103)59(40)86-70(101)47(83-74(61)105)28-55(94)84-77(107)82-30-32-7-5-4-6-8-32/h4-14,21-27,31,33-34,38-39,46-47,54,57-67,76,81,91-93,95-99H,15-20,28-30,80H2,1-3H3,(H,83,105)(H,85,104)(H,86,101)(H,87,103)(H,88,106)(H,89,100)(H,90,102)(H2,82,84,94,107)/t33?,34?,38?,39?,46-,47+,54-,57?,58-,59-,60+,61-,62+,63-,64-,65-,66+,67-,76+/m1/s1. The molecule has 6 aliphatic heterocycles. The maximum Gasteiger partial charge on any atom is 0.321 e. The number of benzene rings is 6. The minimum absolute atomic E-state index is 0.0745. The quantitative estimate of drug-likeness (QED) is 0.0744. The van der Waals surface area contributed by atoms with Crippen molar-refractivity contribution in [2.45, 2.75) is 157 Å². The van der Waals surface area contributed by atoms with E-state index in [1.54, 1.807) is 30.3 Å². The number of hydrogen-bond acceptors (Lipinski definition) is 23. The fourth-order valence-corrected chi connectivity index (χ4v) is 16.6. The summed E-state index contributed by atoms with van der Waals surface area (Å²) in [5, 5.41) is 120. The predicted octanol–water partition coefficient (Wildman–Crippen LogP) is 3.23. The number of phenolic OH excluding ortho intramolecular Hbond substituents is 3. The van der Waals surface area contributed by atoms with Crippen molar-refractivity contribution in [2.24, 2.45) is 35.3 Å². The van der Waals surface area contributed by atoms with Gasteiger partial charge in [-0.05, 0) is 163 Å². The Morgan fingerprint density at radius 3 is 1.86 bits per heavy atom. The number of phenols is 3. The van der Waals surface area contributed by atoms with Gasteiger partial charge in [-0.2, -0.15) is 0 Å². The molecule has 10 aliphatic rings. The van der Waals surface area contributed by atoms with E-state index >= 15 is 28.8 Å². The summed E-state index contributed by atoms with van der Waals surface area (Å²) in [7, 11) is 1.48. The predicted molar refractivity (Wildman–Crippen MR) is 394 cm³/mol. The monoisotopic (exact) mass is 1570 g/mol. The molecular formula is C77H85Cl2N11O21. The molecule has 0 spiro atoms. The van der Waals surface area contributed by atoms with Gasteiger partial charge in [0.25, 0.3) is 0 Å². The molecule has 5 fully saturated rings. The molecule has 588 valence electrons. The van der Waals surface area contributed by atoms with Crippen LogP contribution in [-0.4, -0.2) is 169 Å². The summed E-state index contributed by atoms with van der Waals surface area (Å²) in [6, 6.07) is 7.67. The van der Waals surface area contributed by atoms with Crippen LogP contribution in [0, 0.1) is 29.6 Å². The van der Waals surface area contributed by atoms with Crippen molar-refractivity contribution in [3.05, 3.63) is 153 Å². The highest BCUT2D eigenvalue weighted by molar-refractivity contribution is 6.32.